The Morgan fingerprint density at radius 3 is 2.48 bits per heavy atom. The van der Waals surface area contributed by atoms with Crippen LogP contribution in [-0.2, 0) is 0 Å². The molecule has 0 radical (unpaired) electrons. The molecule has 0 spiro atoms. The minimum absolute atomic E-state index is 0.190. The molecule has 0 aliphatic rings. The highest BCUT2D eigenvalue weighted by Gasteiger charge is 2.13. The van der Waals surface area contributed by atoms with Gasteiger partial charge >= 0.3 is 5.97 Å². The van der Waals surface area contributed by atoms with Crippen LogP contribution in [0.2, 0.25) is 5.02 Å². The Bertz CT molecular complexity index is 799. The minimum atomic E-state index is -0.990. The summed E-state index contributed by atoms with van der Waals surface area (Å²) in [4.78, 5) is 14.7. The number of nitrogens with zero attached hydrogens (tertiary/aromatic N) is 3. The number of aromatic nitrogens is 3. The fourth-order valence-corrected chi connectivity index (χ4v) is 1.95. The summed E-state index contributed by atoms with van der Waals surface area (Å²) in [5.74, 6) is -0.425. The summed E-state index contributed by atoms with van der Waals surface area (Å²) in [6.45, 7) is 0. The van der Waals surface area contributed by atoms with Gasteiger partial charge in [0.25, 0.3) is 0 Å². The van der Waals surface area contributed by atoms with Crippen molar-refractivity contribution < 1.29 is 14.3 Å². The molecule has 0 saturated carbocycles. The second-order valence-electron chi connectivity index (χ2n) is 4.15. The minimum Gasteiger partial charge on any atom is -0.478 e. The lowest BCUT2D eigenvalue weighted by atomic mass is 10.1. The van der Waals surface area contributed by atoms with E-state index in [-0.39, 0.29) is 17.3 Å². The average Bonchev–Trinajstić information content (AvgIpc) is 2.97. The molecule has 1 aromatic carbocycles. The number of carbonyl (C=O) groups is 1. The molecule has 0 fully saturated rings. The molecule has 2 heterocycles. The van der Waals surface area contributed by atoms with Crippen LogP contribution in [0.1, 0.15) is 10.4 Å². The predicted octanol–water partition coefficient (Wildman–Crippen LogP) is 3.15. The Kier molecular flexibility index (Phi) is 3.37. The molecule has 0 unspecified atom stereocenters. The maximum Gasteiger partial charge on any atom is 0.335 e. The zero-order valence-corrected chi connectivity index (χ0v) is 11.3. The number of aromatic carboxylic acids is 1. The van der Waals surface area contributed by atoms with Crippen molar-refractivity contribution in [2.24, 2.45) is 0 Å². The Hall–Kier alpha value is -2.73. The van der Waals surface area contributed by atoms with Crippen LogP contribution in [0.3, 0.4) is 0 Å². The van der Waals surface area contributed by atoms with Crippen molar-refractivity contribution in [3.05, 3.63) is 53.3 Å². The summed E-state index contributed by atoms with van der Waals surface area (Å²) < 4.78 is 5.56. The third kappa shape index (κ3) is 2.61. The molecule has 21 heavy (non-hydrogen) atoms. The fraction of sp³-hybridized carbons (Fsp3) is 0. The fourth-order valence-electron chi connectivity index (χ4n) is 1.75. The zero-order valence-electron chi connectivity index (χ0n) is 10.5. The Balaban J connectivity index is 1.95. The lowest BCUT2D eigenvalue weighted by molar-refractivity contribution is 0.0697. The Morgan fingerprint density at radius 2 is 1.81 bits per heavy atom. The molecule has 0 aliphatic carbocycles. The van der Waals surface area contributed by atoms with Crippen LogP contribution in [0.5, 0.6) is 0 Å². The van der Waals surface area contributed by atoms with Gasteiger partial charge in [-0.25, -0.2) is 4.79 Å². The first kappa shape index (κ1) is 13.3. The SMILES string of the molecule is O=C(O)c1ccc(-c2nnc(-c3ccncc3Cl)o2)cc1. The molecule has 0 aliphatic heterocycles. The van der Waals surface area contributed by atoms with Gasteiger partial charge in [0.05, 0.1) is 16.1 Å². The van der Waals surface area contributed by atoms with E-state index in [0.717, 1.165) is 0 Å². The molecule has 7 heteroatoms. The topological polar surface area (TPSA) is 89.1 Å². The third-order valence-corrected chi connectivity index (χ3v) is 3.11. The highest BCUT2D eigenvalue weighted by molar-refractivity contribution is 6.32. The molecule has 6 nitrogen and oxygen atoms in total. The Morgan fingerprint density at radius 1 is 1.10 bits per heavy atom. The molecule has 3 rings (SSSR count). The quantitative estimate of drug-likeness (QED) is 0.799. The maximum absolute atomic E-state index is 10.8. The highest BCUT2D eigenvalue weighted by Crippen LogP contribution is 2.28. The van der Waals surface area contributed by atoms with Gasteiger partial charge in [0.1, 0.15) is 0 Å². The van der Waals surface area contributed by atoms with Crippen LogP contribution in [0.4, 0.5) is 0 Å². The van der Waals surface area contributed by atoms with E-state index in [9.17, 15) is 4.79 Å². The monoisotopic (exact) mass is 301 g/mol. The molecule has 0 atom stereocenters. The molecule has 0 amide bonds. The van der Waals surface area contributed by atoms with Crippen LogP contribution in [0.25, 0.3) is 22.9 Å². The van der Waals surface area contributed by atoms with Gasteiger partial charge in [0.2, 0.25) is 11.8 Å². The number of carboxylic acids is 1. The number of rotatable bonds is 3. The van der Waals surface area contributed by atoms with Gasteiger partial charge in [-0.05, 0) is 30.3 Å². The third-order valence-electron chi connectivity index (χ3n) is 2.81. The van der Waals surface area contributed by atoms with E-state index in [0.29, 0.717) is 16.1 Å². The first-order valence-corrected chi connectivity index (χ1v) is 6.30. The van der Waals surface area contributed by atoms with Crippen molar-refractivity contribution in [1.29, 1.82) is 0 Å². The summed E-state index contributed by atoms with van der Waals surface area (Å²) in [5.41, 5.74) is 1.41. The molecule has 2 aromatic heterocycles. The summed E-state index contributed by atoms with van der Waals surface area (Å²) in [6, 6.07) is 7.83. The van der Waals surface area contributed by atoms with Gasteiger partial charge in [-0.3, -0.25) is 4.98 Å². The normalized spacial score (nSPS) is 10.5. The number of hydrogen-bond acceptors (Lipinski definition) is 5. The molecule has 0 saturated heterocycles. The van der Waals surface area contributed by atoms with E-state index in [1.165, 1.54) is 18.3 Å². The number of benzene rings is 1. The average molecular weight is 302 g/mol. The van der Waals surface area contributed by atoms with Crippen LogP contribution in [0, 0.1) is 0 Å². The highest BCUT2D eigenvalue weighted by atomic mass is 35.5. The second kappa shape index (κ2) is 5.34. The van der Waals surface area contributed by atoms with Crippen molar-refractivity contribution in [3.8, 4) is 22.9 Å². The van der Waals surface area contributed by atoms with Crippen molar-refractivity contribution >= 4 is 17.6 Å². The number of halogens is 1. The molecular weight excluding hydrogens is 294 g/mol. The van der Waals surface area contributed by atoms with Crippen LogP contribution in [0.15, 0.2) is 47.1 Å². The molecule has 104 valence electrons. The second-order valence-corrected chi connectivity index (χ2v) is 4.56. The van der Waals surface area contributed by atoms with E-state index in [4.69, 9.17) is 21.1 Å². The van der Waals surface area contributed by atoms with Crippen molar-refractivity contribution in [3.63, 3.8) is 0 Å². The first-order valence-electron chi connectivity index (χ1n) is 5.92. The Labute approximate surface area is 124 Å². The van der Waals surface area contributed by atoms with E-state index in [1.807, 2.05) is 0 Å². The maximum atomic E-state index is 10.8. The molecule has 0 bridgehead atoms. The first-order chi connectivity index (χ1) is 10.1. The molecular formula is C14H8ClN3O3. The van der Waals surface area contributed by atoms with Crippen molar-refractivity contribution in [2.75, 3.05) is 0 Å². The van der Waals surface area contributed by atoms with Gasteiger partial charge in [0.15, 0.2) is 0 Å². The standard InChI is InChI=1S/C14H8ClN3O3/c15-11-7-16-6-5-10(11)13-18-17-12(21-13)8-1-3-9(4-2-8)14(19)20/h1-7H,(H,19,20). The molecule has 3 aromatic rings. The van der Waals surface area contributed by atoms with Gasteiger partial charge in [0, 0.05) is 18.0 Å². The zero-order chi connectivity index (χ0) is 14.8. The number of hydrogen-bond donors (Lipinski definition) is 1. The van der Waals surface area contributed by atoms with Gasteiger partial charge in [-0.1, -0.05) is 11.6 Å². The van der Waals surface area contributed by atoms with Crippen LogP contribution in [-0.4, -0.2) is 26.3 Å². The molecule has 1 N–H and O–H groups in total. The van der Waals surface area contributed by atoms with Gasteiger partial charge in [-0.15, -0.1) is 10.2 Å². The summed E-state index contributed by atoms with van der Waals surface area (Å²) in [5, 5.41) is 17.1. The smallest absolute Gasteiger partial charge is 0.335 e. The van der Waals surface area contributed by atoms with Crippen LogP contribution < -0.4 is 0 Å². The summed E-state index contributed by atoms with van der Waals surface area (Å²) >= 11 is 6.01. The van der Waals surface area contributed by atoms with E-state index in [2.05, 4.69) is 15.2 Å². The number of carboxylic acid groups (broad SMARTS) is 1. The van der Waals surface area contributed by atoms with Crippen molar-refractivity contribution in [2.45, 2.75) is 0 Å². The van der Waals surface area contributed by atoms with E-state index in [1.54, 1.807) is 24.4 Å². The van der Waals surface area contributed by atoms with Crippen molar-refractivity contribution in [1.82, 2.24) is 15.2 Å². The van der Waals surface area contributed by atoms with Gasteiger partial charge in [-0.2, -0.15) is 0 Å². The number of pyridine rings is 1. The summed E-state index contributed by atoms with van der Waals surface area (Å²) in [7, 11) is 0. The summed E-state index contributed by atoms with van der Waals surface area (Å²) in [6.07, 6.45) is 3.06. The van der Waals surface area contributed by atoms with Crippen LogP contribution >= 0.6 is 11.6 Å². The largest absolute Gasteiger partial charge is 0.478 e. The van der Waals surface area contributed by atoms with Gasteiger partial charge < -0.3 is 9.52 Å². The van der Waals surface area contributed by atoms with E-state index < -0.39 is 5.97 Å². The lowest BCUT2D eigenvalue weighted by Crippen LogP contribution is -1.94. The van der Waals surface area contributed by atoms with E-state index >= 15 is 0 Å². The predicted molar refractivity (Wildman–Crippen MR) is 74.9 cm³/mol. The lowest BCUT2D eigenvalue weighted by Gasteiger charge is -1.97.